The van der Waals surface area contributed by atoms with E-state index < -0.39 is 0 Å². The van der Waals surface area contributed by atoms with Gasteiger partial charge in [0.1, 0.15) is 18.1 Å². The molecule has 0 atom stereocenters. The third kappa shape index (κ3) is 6.68. The lowest BCUT2D eigenvalue weighted by Crippen LogP contribution is -2.32. The molecule has 1 aliphatic heterocycles. The Morgan fingerprint density at radius 2 is 1.72 bits per heavy atom. The first-order valence-electron chi connectivity index (χ1n) is 11.1. The Labute approximate surface area is 218 Å². The van der Waals surface area contributed by atoms with E-state index in [1.54, 1.807) is 54.6 Å². The van der Waals surface area contributed by atoms with Crippen LogP contribution in [0, 0.1) is 6.92 Å². The number of imide groups is 1. The Hall–Kier alpha value is -3.75. The van der Waals surface area contributed by atoms with Gasteiger partial charge in [0.25, 0.3) is 17.1 Å². The Balaban J connectivity index is 1.28. The molecule has 0 saturated carbocycles. The summed E-state index contributed by atoms with van der Waals surface area (Å²) in [7, 11) is 0. The van der Waals surface area contributed by atoms with Crippen LogP contribution in [-0.4, -0.2) is 41.7 Å². The van der Waals surface area contributed by atoms with Crippen LogP contribution < -0.4 is 14.8 Å². The minimum absolute atomic E-state index is 0.116. The molecule has 36 heavy (non-hydrogen) atoms. The zero-order chi connectivity index (χ0) is 25.5. The minimum Gasteiger partial charge on any atom is -0.490 e. The van der Waals surface area contributed by atoms with Crippen molar-refractivity contribution >= 4 is 52.2 Å². The number of anilines is 1. The first-order chi connectivity index (χ1) is 17.4. The minimum atomic E-state index is -0.374. The van der Waals surface area contributed by atoms with E-state index in [-0.39, 0.29) is 36.8 Å². The maximum Gasteiger partial charge on any atom is 0.293 e. The van der Waals surface area contributed by atoms with Gasteiger partial charge in [-0.25, -0.2) is 0 Å². The molecule has 3 aromatic rings. The Bertz CT molecular complexity index is 1290. The second-order valence-corrected chi connectivity index (χ2v) is 9.28. The van der Waals surface area contributed by atoms with Crippen molar-refractivity contribution in [1.29, 1.82) is 0 Å². The topological polar surface area (TPSA) is 84.9 Å². The van der Waals surface area contributed by atoms with Crippen LogP contribution in [0.4, 0.5) is 10.5 Å². The predicted molar refractivity (Wildman–Crippen MR) is 141 cm³/mol. The fraction of sp³-hybridized carbons (Fsp3) is 0.148. The van der Waals surface area contributed by atoms with Gasteiger partial charge in [-0.3, -0.25) is 19.3 Å². The molecule has 7 nitrogen and oxygen atoms in total. The number of hydrogen-bond donors (Lipinski definition) is 1. The van der Waals surface area contributed by atoms with Crippen molar-refractivity contribution in [2.45, 2.75) is 6.92 Å². The maximum absolute atomic E-state index is 12.7. The van der Waals surface area contributed by atoms with Crippen molar-refractivity contribution < 1.29 is 23.9 Å². The number of halogens is 1. The molecule has 9 heteroatoms. The van der Waals surface area contributed by atoms with Crippen molar-refractivity contribution in [2.75, 3.05) is 25.1 Å². The number of hydrogen-bond acceptors (Lipinski definition) is 6. The lowest BCUT2D eigenvalue weighted by molar-refractivity contribution is -0.123. The summed E-state index contributed by atoms with van der Waals surface area (Å²) < 4.78 is 11.1. The van der Waals surface area contributed by atoms with Crippen LogP contribution in [0.5, 0.6) is 11.5 Å². The molecular formula is C27H23ClN2O5S. The average Bonchev–Trinajstić information content (AvgIpc) is 3.13. The van der Waals surface area contributed by atoms with Crippen molar-refractivity contribution in [3.8, 4) is 11.5 Å². The largest absolute Gasteiger partial charge is 0.490 e. The quantitative estimate of drug-likeness (QED) is 0.358. The Kier molecular flexibility index (Phi) is 8.30. The monoisotopic (exact) mass is 522 g/mol. The summed E-state index contributed by atoms with van der Waals surface area (Å²) in [6.45, 7) is 2.09. The first kappa shape index (κ1) is 25.3. The fourth-order valence-corrected chi connectivity index (χ4v) is 4.35. The van der Waals surface area contributed by atoms with E-state index in [1.807, 2.05) is 31.2 Å². The van der Waals surface area contributed by atoms with Crippen molar-refractivity contribution in [3.63, 3.8) is 0 Å². The molecule has 1 aliphatic rings. The van der Waals surface area contributed by atoms with Crippen LogP contribution in [-0.2, 0) is 9.59 Å². The molecule has 0 unspecified atom stereocenters. The highest BCUT2D eigenvalue weighted by atomic mass is 35.5. The van der Waals surface area contributed by atoms with Crippen molar-refractivity contribution in [2.24, 2.45) is 0 Å². The van der Waals surface area contributed by atoms with E-state index in [0.717, 1.165) is 27.8 Å². The van der Waals surface area contributed by atoms with Gasteiger partial charge in [0.05, 0.1) is 16.5 Å². The molecule has 0 radical (unpaired) electrons. The second-order valence-electron chi connectivity index (χ2n) is 7.88. The lowest BCUT2D eigenvalue weighted by atomic mass is 10.2. The summed E-state index contributed by atoms with van der Waals surface area (Å²) in [5.41, 5.74) is 2.54. The second kappa shape index (κ2) is 11.8. The normalized spacial score (nSPS) is 14.3. The molecule has 1 saturated heterocycles. The number of ether oxygens (including phenoxy) is 2. The van der Waals surface area contributed by atoms with E-state index in [1.165, 1.54) is 0 Å². The van der Waals surface area contributed by atoms with Gasteiger partial charge in [-0.1, -0.05) is 53.6 Å². The van der Waals surface area contributed by atoms with E-state index >= 15 is 0 Å². The van der Waals surface area contributed by atoms with Crippen LogP contribution in [0.2, 0.25) is 5.02 Å². The number of amides is 3. The highest BCUT2D eigenvalue weighted by Gasteiger charge is 2.34. The summed E-state index contributed by atoms with van der Waals surface area (Å²) in [6, 6.07) is 21.4. The number of thioether (sulfide) groups is 1. The zero-order valence-electron chi connectivity index (χ0n) is 19.4. The van der Waals surface area contributed by atoms with Crippen LogP contribution in [0.3, 0.4) is 0 Å². The number of aryl methyl sites for hydroxylation is 1. The average molecular weight is 523 g/mol. The standard InChI is InChI=1S/C27H23ClN2O5S/c1-18-6-10-20(11-7-18)29-25(31)17-35-21-12-8-19(9-13-21)16-24-26(32)30(27(33)36-24)14-15-34-23-5-3-2-4-22(23)28/h2-13,16H,14-15,17H2,1H3,(H,29,31)/b24-16-. The number of carbonyl (C=O) groups is 3. The number of nitrogens with zero attached hydrogens (tertiary/aromatic N) is 1. The molecule has 0 aromatic heterocycles. The Morgan fingerprint density at radius 3 is 2.44 bits per heavy atom. The van der Waals surface area contributed by atoms with Gasteiger partial charge in [0.15, 0.2) is 6.61 Å². The summed E-state index contributed by atoms with van der Waals surface area (Å²) in [6.07, 6.45) is 1.65. The molecule has 1 fully saturated rings. The number of para-hydroxylation sites is 1. The predicted octanol–water partition coefficient (Wildman–Crippen LogP) is 5.78. The Morgan fingerprint density at radius 1 is 1.00 bits per heavy atom. The van der Waals surface area contributed by atoms with E-state index in [2.05, 4.69) is 5.32 Å². The maximum atomic E-state index is 12.7. The SMILES string of the molecule is Cc1ccc(NC(=O)COc2ccc(/C=C3\SC(=O)N(CCOc4ccccc4Cl)C3=O)cc2)cc1. The molecule has 3 aromatic carbocycles. The zero-order valence-corrected chi connectivity index (χ0v) is 21.0. The van der Waals surface area contributed by atoms with Gasteiger partial charge < -0.3 is 14.8 Å². The summed E-state index contributed by atoms with van der Waals surface area (Å²) in [5.74, 6) is 0.364. The molecule has 0 bridgehead atoms. The van der Waals surface area contributed by atoms with Crippen molar-refractivity contribution in [1.82, 2.24) is 4.90 Å². The third-order valence-corrected chi connectivity index (χ3v) is 6.39. The van der Waals surface area contributed by atoms with Crippen LogP contribution >= 0.6 is 23.4 Å². The molecular weight excluding hydrogens is 500 g/mol. The molecule has 3 amide bonds. The molecule has 184 valence electrons. The summed E-state index contributed by atoms with van der Waals surface area (Å²) in [5, 5.41) is 2.88. The molecule has 1 heterocycles. The summed E-state index contributed by atoms with van der Waals surface area (Å²) >= 11 is 6.94. The molecule has 0 aliphatic carbocycles. The first-order valence-corrected chi connectivity index (χ1v) is 12.3. The number of benzene rings is 3. The van der Waals surface area contributed by atoms with E-state index in [9.17, 15) is 14.4 Å². The van der Waals surface area contributed by atoms with Crippen LogP contribution in [0.15, 0.2) is 77.7 Å². The smallest absolute Gasteiger partial charge is 0.293 e. The highest BCUT2D eigenvalue weighted by molar-refractivity contribution is 8.18. The van der Waals surface area contributed by atoms with Gasteiger partial charge in [-0.05, 0) is 66.7 Å². The molecule has 0 spiro atoms. The molecule has 4 rings (SSSR count). The number of rotatable bonds is 9. The van der Waals surface area contributed by atoms with Crippen LogP contribution in [0.1, 0.15) is 11.1 Å². The van der Waals surface area contributed by atoms with Gasteiger partial charge in [-0.15, -0.1) is 0 Å². The highest BCUT2D eigenvalue weighted by Crippen LogP contribution is 2.32. The third-order valence-electron chi connectivity index (χ3n) is 5.17. The lowest BCUT2D eigenvalue weighted by Gasteiger charge is -2.13. The number of nitrogens with one attached hydrogen (secondary N) is 1. The van der Waals surface area contributed by atoms with E-state index in [4.69, 9.17) is 21.1 Å². The van der Waals surface area contributed by atoms with Gasteiger partial charge in [-0.2, -0.15) is 0 Å². The van der Waals surface area contributed by atoms with Gasteiger partial charge >= 0.3 is 0 Å². The van der Waals surface area contributed by atoms with Crippen molar-refractivity contribution in [3.05, 3.63) is 93.9 Å². The summed E-state index contributed by atoms with van der Waals surface area (Å²) in [4.78, 5) is 38.6. The van der Waals surface area contributed by atoms with Gasteiger partial charge in [0.2, 0.25) is 0 Å². The molecule has 1 N–H and O–H groups in total. The van der Waals surface area contributed by atoms with E-state index in [0.29, 0.717) is 27.1 Å². The van der Waals surface area contributed by atoms with Gasteiger partial charge in [0, 0.05) is 5.69 Å². The number of carbonyl (C=O) groups excluding carboxylic acids is 3. The fourth-order valence-electron chi connectivity index (χ4n) is 3.30. The van der Waals surface area contributed by atoms with Crippen LogP contribution in [0.25, 0.3) is 6.08 Å².